The fourth-order valence-electron chi connectivity index (χ4n) is 11.4. The van der Waals surface area contributed by atoms with Gasteiger partial charge in [-0.15, -0.1) is 0 Å². The average molecular weight is 663 g/mol. The number of esters is 3. The Morgan fingerprint density at radius 1 is 1.04 bits per heavy atom. The number of ether oxygens (including phenoxy) is 3. The van der Waals surface area contributed by atoms with Crippen molar-refractivity contribution in [1.82, 2.24) is 5.32 Å². The molecule has 0 aliphatic heterocycles. The van der Waals surface area contributed by atoms with E-state index in [1.54, 1.807) is 0 Å². The second-order valence-corrected chi connectivity index (χ2v) is 15.9. The van der Waals surface area contributed by atoms with Crippen molar-refractivity contribution in [3.05, 3.63) is 35.4 Å². The van der Waals surface area contributed by atoms with Crippen LogP contribution < -0.4 is 5.32 Å². The van der Waals surface area contributed by atoms with Crippen molar-refractivity contribution in [2.75, 3.05) is 7.11 Å². The van der Waals surface area contributed by atoms with Crippen LogP contribution in [0.2, 0.25) is 0 Å². The lowest BCUT2D eigenvalue weighted by molar-refractivity contribution is -0.222. The van der Waals surface area contributed by atoms with Crippen LogP contribution >= 0.6 is 0 Å². The maximum Gasteiger partial charge on any atom is 0.305 e. The molecule has 4 aliphatic carbocycles. The lowest BCUT2D eigenvalue weighted by Gasteiger charge is -2.65. The highest BCUT2D eigenvalue weighted by atomic mass is 16.5. The summed E-state index contributed by atoms with van der Waals surface area (Å²) < 4.78 is 17.5. The molecule has 0 heterocycles. The first-order chi connectivity index (χ1) is 22.8. The highest BCUT2D eigenvalue weighted by Gasteiger charge is 2.68. The minimum Gasteiger partial charge on any atom is -0.469 e. The van der Waals surface area contributed by atoms with Crippen molar-refractivity contribution in [3.8, 4) is 6.07 Å². The van der Waals surface area contributed by atoms with E-state index in [0.29, 0.717) is 38.6 Å². The Balaban J connectivity index is 1.50. The molecule has 4 saturated carbocycles. The molecule has 0 aromatic heterocycles. The molecular formula is C39H54N2O7. The van der Waals surface area contributed by atoms with E-state index in [-0.39, 0.29) is 81.9 Å². The Labute approximate surface area is 285 Å². The molecule has 1 aromatic rings. The van der Waals surface area contributed by atoms with Crippen LogP contribution in [0.3, 0.4) is 0 Å². The molecule has 11 atom stereocenters. The number of nitrogens with one attached hydrogen (secondary N) is 1. The number of fused-ring (bicyclic) bond motifs is 5. The molecule has 9 heteroatoms. The first kappa shape index (κ1) is 35.9. The van der Waals surface area contributed by atoms with Crippen LogP contribution in [0.4, 0.5) is 0 Å². The van der Waals surface area contributed by atoms with Crippen molar-refractivity contribution >= 4 is 24.3 Å². The van der Waals surface area contributed by atoms with Gasteiger partial charge in [-0.05, 0) is 97.5 Å². The predicted octanol–water partition coefficient (Wildman–Crippen LogP) is 6.42. The number of benzene rings is 1. The molecule has 48 heavy (non-hydrogen) atoms. The van der Waals surface area contributed by atoms with E-state index in [1.165, 1.54) is 21.0 Å². The van der Waals surface area contributed by atoms with Crippen molar-refractivity contribution < 1.29 is 33.4 Å². The minimum absolute atomic E-state index is 0.0809. The molecule has 0 bridgehead atoms. The second kappa shape index (κ2) is 14.2. The summed E-state index contributed by atoms with van der Waals surface area (Å²) in [7, 11) is 1.42. The summed E-state index contributed by atoms with van der Waals surface area (Å²) in [5.74, 6) is 0.455. The molecule has 0 saturated heterocycles. The number of methoxy groups -OCH3 is 1. The van der Waals surface area contributed by atoms with E-state index in [4.69, 9.17) is 14.2 Å². The molecule has 262 valence electrons. The van der Waals surface area contributed by atoms with Crippen LogP contribution in [0.1, 0.15) is 110 Å². The van der Waals surface area contributed by atoms with Gasteiger partial charge in [0.15, 0.2) is 0 Å². The fourth-order valence-corrected chi connectivity index (χ4v) is 11.4. The third-order valence-electron chi connectivity index (χ3n) is 13.7. The van der Waals surface area contributed by atoms with Gasteiger partial charge in [0.2, 0.25) is 6.41 Å². The van der Waals surface area contributed by atoms with E-state index in [9.17, 15) is 24.4 Å². The highest BCUT2D eigenvalue weighted by Crippen LogP contribution is 2.70. The van der Waals surface area contributed by atoms with Crippen LogP contribution in [-0.4, -0.2) is 43.6 Å². The standard InChI is InChI=1S/C39H54N2O7/c1-24(7-14-35(45)46-6)30-12-13-31-36-32(20-34(38(30,31)5)48-26(3)44)37(4)15-16-39(17-18-40,21-29(37)19-33(36)47-25(2)43)28-10-8-27(9-11-28)22-41-23-42/h8-11,23-24,29-34,36H,7,12-17,19-22H2,1-6H3,(H,41,42)/t24-,29-,30-,31+,32+,33-,34+,36+,37+,38-,39+/m1/s1. The summed E-state index contributed by atoms with van der Waals surface area (Å²) in [5, 5.41) is 12.8. The van der Waals surface area contributed by atoms with Gasteiger partial charge in [-0.3, -0.25) is 19.2 Å². The van der Waals surface area contributed by atoms with Crippen molar-refractivity contribution in [2.24, 2.45) is 46.3 Å². The third-order valence-corrected chi connectivity index (χ3v) is 13.7. The number of nitriles is 1. The molecule has 1 amide bonds. The molecule has 0 spiro atoms. The van der Waals surface area contributed by atoms with Crippen LogP contribution in [0.15, 0.2) is 24.3 Å². The molecule has 1 N–H and O–H groups in total. The molecule has 4 aliphatic rings. The number of nitrogens with zero attached hydrogens (tertiary/aromatic N) is 1. The number of hydrogen-bond acceptors (Lipinski definition) is 8. The Bertz CT molecular complexity index is 1410. The number of carbonyl (C=O) groups is 4. The molecule has 0 radical (unpaired) electrons. The molecule has 0 unspecified atom stereocenters. The molecule has 1 aromatic carbocycles. The summed E-state index contributed by atoms with van der Waals surface area (Å²) in [4.78, 5) is 48.3. The summed E-state index contributed by atoms with van der Waals surface area (Å²) in [5.41, 5.74) is 1.42. The van der Waals surface area contributed by atoms with E-state index in [0.717, 1.165) is 49.7 Å². The Hall–Kier alpha value is -3.41. The SMILES string of the molecule is COC(=O)CC[C@@H](C)[C@H]1CC[C@H]2[C@@H]3[C@H](OC(C)=O)C[C@@H]4C[C@](CC#N)(c5ccc(CNC=O)cc5)CC[C@]4(C)[C@H]3C[C@H](OC(C)=O)[C@]12C. The smallest absolute Gasteiger partial charge is 0.305 e. The normalized spacial score (nSPS) is 37.4. The lowest BCUT2D eigenvalue weighted by atomic mass is 9.41. The van der Waals surface area contributed by atoms with Gasteiger partial charge in [0.25, 0.3) is 0 Å². The molecule has 5 rings (SSSR count). The summed E-state index contributed by atoms with van der Waals surface area (Å²) in [6, 6.07) is 10.8. The zero-order valence-electron chi connectivity index (χ0n) is 29.6. The maximum absolute atomic E-state index is 12.7. The first-order valence-corrected chi connectivity index (χ1v) is 17.9. The minimum atomic E-state index is -0.324. The number of amides is 1. The highest BCUT2D eigenvalue weighted by molar-refractivity contribution is 5.69. The summed E-state index contributed by atoms with van der Waals surface area (Å²) in [6.45, 7) is 10.4. The zero-order valence-corrected chi connectivity index (χ0v) is 29.6. The lowest BCUT2D eigenvalue weighted by Crippen LogP contribution is -2.64. The van der Waals surface area contributed by atoms with Gasteiger partial charge in [0.1, 0.15) is 12.2 Å². The van der Waals surface area contributed by atoms with Gasteiger partial charge < -0.3 is 19.5 Å². The number of hydrogen-bond donors (Lipinski definition) is 1. The van der Waals surface area contributed by atoms with E-state index >= 15 is 0 Å². The Morgan fingerprint density at radius 2 is 1.75 bits per heavy atom. The Morgan fingerprint density at radius 3 is 2.38 bits per heavy atom. The van der Waals surface area contributed by atoms with Crippen molar-refractivity contribution in [3.63, 3.8) is 0 Å². The molecule has 9 nitrogen and oxygen atoms in total. The number of rotatable bonds is 11. The average Bonchev–Trinajstić information content (AvgIpc) is 3.41. The van der Waals surface area contributed by atoms with E-state index < -0.39 is 0 Å². The van der Waals surface area contributed by atoms with Crippen LogP contribution in [0.25, 0.3) is 0 Å². The maximum atomic E-state index is 12.7. The van der Waals surface area contributed by atoms with Crippen molar-refractivity contribution in [1.29, 1.82) is 5.26 Å². The van der Waals surface area contributed by atoms with Gasteiger partial charge in [0, 0.05) is 50.0 Å². The van der Waals surface area contributed by atoms with E-state index in [1.807, 2.05) is 12.1 Å². The van der Waals surface area contributed by atoms with E-state index in [2.05, 4.69) is 44.3 Å². The topological polar surface area (TPSA) is 132 Å². The third kappa shape index (κ3) is 6.48. The van der Waals surface area contributed by atoms with Crippen LogP contribution in [0, 0.1) is 57.7 Å². The van der Waals surface area contributed by atoms with Gasteiger partial charge in [-0.2, -0.15) is 5.26 Å². The Kier molecular flexibility index (Phi) is 10.6. The predicted molar refractivity (Wildman–Crippen MR) is 179 cm³/mol. The summed E-state index contributed by atoms with van der Waals surface area (Å²) >= 11 is 0. The zero-order chi connectivity index (χ0) is 34.9. The summed E-state index contributed by atoms with van der Waals surface area (Å²) in [6.07, 6.45) is 7.65. The monoisotopic (exact) mass is 662 g/mol. The quantitative estimate of drug-likeness (QED) is 0.163. The van der Waals surface area contributed by atoms with Gasteiger partial charge in [-0.1, -0.05) is 45.0 Å². The second-order valence-electron chi connectivity index (χ2n) is 15.9. The molecular weight excluding hydrogens is 608 g/mol. The van der Waals surface area contributed by atoms with Crippen LogP contribution in [0.5, 0.6) is 0 Å². The fraction of sp³-hybridized carbons (Fsp3) is 0.718. The molecule has 4 fully saturated rings. The number of carbonyl (C=O) groups excluding carboxylic acids is 4. The van der Waals surface area contributed by atoms with Crippen molar-refractivity contribution in [2.45, 2.75) is 123 Å². The first-order valence-electron chi connectivity index (χ1n) is 17.9. The van der Waals surface area contributed by atoms with Crippen LogP contribution in [-0.2, 0) is 45.3 Å². The largest absolute Gasteiger partial charge is 0.469 e. The van der Waals surface area contributed by atoms with Gasteiger partial charge in [0.05, 0.1) is 13.2 Å². The van der Waals surface area contributed by atoms with Gasteiger partial charge >= 0.3 is 17.9 Å². The van der Waals surface area contributed by atoms with Gasteiger partial charge in [-0.25, -0.2) is 0 Å².